The Morgan fingerprint density at radius 1 is 1.71 bits per heavy atom. The third-order valence-electron chi connectivity index (χ3n) is 2.28. The van der Waals surface area contributed by atoms with Crippen LogP contribution in [0.1, 0.15) is 11.5 Å². The van der Waals surface area contributed by atoms with Crippen LogP contribution < -0.4 is 10.5 Å². The number of carboxylic acids is 1. The van der Waals surface area contributed by atoms with Crippen molar-refractivity contribution in [2.24, 2.45) is 5.73 Å². The molecule has 0 aliphatic rings. The summed E-state index contributed by atoms with van der Waals surface area (Å²) < 4.78 is 18.6. The van der Waals surface area contributed by atoms with Crippen molar-refractivity contribution in [1.29, 1.82) is 0 Å². The monoisotopic (exact) mass is 307 g/mol. The number of hydrogen-bond acceptors (Lipinski definition) is 4. The van der Waals surface area contributed by atoms with E-state index in [-0.39, 0.29) is 22.3 Å². The number of rotatable bonds is 4. The molecule has 7 heteroatoms. The first-order valence-electron chi connectivity index (χ1n) is 4.61. The van der Waals surface area contributed by atoms with Crippen LogP contribution in [-0.2, 0) is 4.79 Å². The lowest BCUT2D eigenvalue weighted by molar-refractivity contribution is -0.138. The second kappa shape index (κ2) is 5.33. The molecule has 0 saturated carbocycles. The van der Waals surface area contributed by atoms with E-state index in [4.69, 9.17) is 15.6 Å². The quantitative estimate of drug-likeness (QED) is 0.782. The SMILES string of the molecule is COc1c(O)cc(F)c(C(CN)C(=O)O)c1Br. The molecule has 0 spiro atoms. The Hall–Kier alpha value is -1.34. The molecule has 0 aliphatic carbocycles. The third kappa shape index (κ3) is 2.50. The van der Waals surface area contributed by atoms with Crippen molar-refractivity contribution in [3.63, 3.8) is 0 Å². The summed E-state index contributed by atoms with van der Waals surface area (Å²) in [4.78, 5) is 10.9. The minimum absolute atomic E-state index is 0.0268. The zero-order valence-corrected chi connectivity index (χ0v) is 10.5. The second-order valence-corrected chi connectivity index (χ2v) is 4.06. The van der Waals surface area contributed by atoms with E-state index in [9.17, 15) is 14.3 Å². The molecule has 0 aliphatic heterocycles. The number of hydrogen-bond donors (Lipinski definition) is 3. The summed E-state index contributed by atoms with van der Waals surface area (Å²) in [5, 5.41) is 18.4. The molecule has 0 fully saturated rings. The Morgan fingerprint density at radius 3 is 2.71 bits per heavy atom. The molecule has 1 atom stereocenters. The largest absolute Gasteiger partial charge is 0.504 e. The van der Waals surface area contributed by atoms with Crippen molar-refractivity contribution < 1.29 is 24.1 Å². The van der Waals surface area contributed by atoms with Gasteiger partial charge >= 0.3 is 5.97 Å². The summed E-state index contributed by atoms with van der Waals surface area (Å²) in [5.74, 6) is -3.75. The number of methoxy groups -OCH3 is 1. The Kier molecular flexibility index (Phi) is 4.30. The number of phenols is 1. The zero-order chi connectivity index (χ0) is 13.2. The summed E-state index contributed by atoms with van der Waals surface area (Å²) in [6.07, 6.45) is 0. The van der Waals surface area contributed by atoms with Gasteiger partial charge in [0.15, 0.2) is 11.5 Å². The molecule has 94 valence electrons. The fraction of sp³-hybridized carbons (Fsp3) is 0.300. The Balaban J connectivity index is 3.47. The molecule has 4 N–H and O–H groups in total. The number of phenolic OH excluding ortho intramolecular Hbond substituents is 1. The smallest absolute Gasteiger partial charge is 0.312 e. The molecular formula is C10H11BrFNO4. The molecular weight excluding hydrogens is 297 g/mol. The summed E-state index contributed by atoms with van der Waals surface area (Å²) in [6, 6.07) is 0.796. The number of ether oxygens (including phenoxy) is 1. The number of aromatic hydroxyl groups is 1. The first-order chi connectivity index (χ1) is 7.93. The average Bonchev–Trinajstić information content (AvgIpc) is 2.23. The molecule has 0 radical (unpaired) electrons. The Labute approximate surface area is 105 Å². The first-order valence-corrected chi connectivity index (χ1v) is 5.41. The van der Waals surface area contributed by atoms with Crippen LogP contribution >= 0.6 is 15.9 Å². The first kappa shape index (κ1) is 13.7. The fourth-order valence-electron chi connectivity index (χ4n) is 1.46. The van der Waals surface area contributed by atoms with E-state index in [2.05, 4.69) is 15.9 Å². The molecule has 0 saturated heterocycles. The minimum Gasteiger partial charge on any atom is -0.504 e. The number of nitrogens with two attached hydrogens (primary N) is 1. The van der Waals surface area contributed by atoms with Crippen LogP contribution in [0.15, 0.2) is 10.5 Å². The van der Waals surface area contributed by atoms with E-state index >= 15 is 0 Å². The van der Waals surface area contributed by atoms with Gasteiger partial charge in [0.1, 0.15) is 5.82 Å². The number of benzene rings is 1. The lowest BCUT2D eigenvalue weighted by Crippen LogP contribution is -2.22. The maximum atomic E-state index is 13.7. The highest BCUT2D eigenvalue weighted by atomic mass is 79.9. The van der Waals surface area contributed by atoms with Crippen LogP contribution in [0.3, 0.4) is 0 Å². The average molecular weight is 308 g/mol. The van der Waals surface area contributed by atoms with Crippen LogP contribution in [0.2, 0.25) is 0 Å². The summed E-state index contributed by atoms with van der Waals surface area (Å²) in [7, 11) is 1.28. The van der Waals surface area contributed by atoms with E-state index in [1.165, 1.54) is 7.11 Å². The van der Waals surface area contributed by atoms with E-state index in [1.807, 2.05) is 0 Å². The maximum Gasteiger partial charge on any atom is 0.312 e. The standard InChI is InChI=1S/C10H11BrFNO4/c1-17-9-6(14)2-5(12)7(8(9)11)4(3-13)10(15)16/h2,4,14H,3,13H2,1H3,(H,15,16). The number of carbonyl (C=O) groups is 1. The molecule has 5 nitrogen and oxygen atoms in total. The molecule has 1 rings (SSSR count). The highest BCUT2D eigenvalue weighted by Gasteiger charge is 2.28. The van der Waals surface area contributed by atoms with Gasteiger partial charge in [-0.1, -0.05) is 0 Å². The normalized spacial score (nSPS) is 12.2. The summed E-state index contributed by atoms with van der Waals surface area (Å²) >= 11 is 3.01. The Morgan fingerprint density at radius 2 is 2.29 bits per heavy atom. The van der Waals surface area contributed by atoms with Crippen molar-refractivity contribution >= 4 is 21.9 Å². The maximum absolute atomic E-state index is 13.7. The second-order valence-electron chi connectivity index (χ2n) is 3.26. The lowest BCUT2D eigenvalue weighted by atomic mass is 9.98. The van der Waals surface area contributed by atoms with Crippen LogP contribution in [0.25, 0.3) is 0 Å². The predicted octanol–water partition coefficient (Wildman–Crippen LogP) is 1.43. The molecule has 0 amide bonds. The van der Waals surface area contributed by atoms with Gasteiger partial charge in [0.05, 0.1) is 17.5 Å². The highest BCUT2D eigenvalue weighted by Crippen LogP contribution is 2.41. The van der Waals surface area contributed by atoms with Gasteiger partial charge < -0.3 is 20.7 Å². The summed E-state index contributed by atoms with van der Waals surface area (Å²) in [5.41, 5.74) is 5.16. The van der Waals surface area contributed by atoms with Crippen molar-refractivity contribution in [2.45, 2.75) is 5.92 Å². The lowest BCUT2D eigenvalue weighted by Gasteiger charge is -2.16. The molecule has 0 heterocycles. The molecule has 1 aromatic carbocycles. The van der Waals surface area contributed by atoms with Crippen molar-refractivity contribution in [3.05, 3.63) is 21.9 Å². The van der Waals surface area contributed by atoms with Gasteiger partial charge in [0.2, 0.25) is 0 Å². The van der Waals surface area contributed by atoms with E-state index in [0.29, 0.717) is 0 Å². The minimum atomic E-state index is -1.25. The number of carboxylic acid groups (broad SMARTS) is 1. The number of halogens is 2. The van der Waals surface area contributed by atoms with Crippen molar-refractivity contribution in [3.8, 4) is 11.5 Å². The van der Waals surface area contributed by atoms with Gasteiger partial charge in [0, 0.05) is 18.2 Å². The van der Waals surface area contributed by atoms with Gasteiger partial charge in [0.25, 0.3) is 0 Å². The number of aliphatic carboxylic acids is 1. The van der Waals surface area contributed by atoms with Gasteiger partial charge in [-0.15, -0.1) is 0 Å². The molecule has 0 bridgehead atoms. The highest BCUT2D eigenvalue weighted by molar-refractivity contribution is 9.10. The van der Waals surface area contributed by atoms with E-state index in [0.717, 1.165) is 6.07 Å². The van der Waals surface area contributed by atoms with Crippen LogP contribution in [0.4, 0.5) is 4.39 Å². The van der Waals surface area contributed by atoms with Gasteiger partial charge in [-0.25, -0.2) is 4.39 Å². The van der Waals surface area contributed by atoms with E-state index in [1.54, 1.807) is 0 Å². The topological polar surface area (TPSA) is 92.8 Å². The summed E-state index contributed by atoms with van der Waals surface area (Å²) in [6.45, 7) is -0.265. The molecule has 17 heavy (non-hydrogen) atoms. The van der Waals surface area contributed by atoms with Gasteiger partial charge in [-0.2, -0.15) is 0 Å². The van der Waals surface area contributed by atoms with Gasteiger partial charge in [-0.05, 0) is 15.9 Å². The third-order valence-corrected chi connectivity index (χ3v) is 3.06. The van der Waals surface area contributed by atoms with Crippen LogP contribution in [0.5, 0.6) is 11.5 Å². The van der Waals surface area contributed by atoms with E-state index < -0.39 is 23.5 Å². The zero-order valence-electron chi connectivity index (χ0n) is 8.91. The van der Waals surface area contributed by atoms with Crippen molar-refractivity contribution in [1.82, 2.24) is 0 Å². The molecule has 1 aromatic rings. The van der Waals surface area contributed by atoms with Crippen LogP contribution in [-0.4, -0.2) is 29.8 Å². The van der Waals surface area contributed by atoms with Gasteiger partial charge in [-0.3, -0.25) is 4.79 Å². The fourth-order valence-corrected chi connectivity index (χ4v) is 2.29. The molecule has 1 unspecified atom stereocenters. The molecule has 0 aromatic heterocycles. The Bertz CT molecular complexity index is 452. The predicted molar refractivity (Wildman–Crippen MR) is 61.7 cm³/mol. The van der Waals surface area contributed by atoms with Crippen LogP contribution in [0, 0.1) is 5.82 Å². The van der Waals surface area contributed by atoms with Crippen molar-refractivity contribution in [2.75, 3.05) is 13.7 Å².